The fraction of sp³-hybridized carbons (Fsp3) is 0.333. The van der Waals surface area contributed by atoms with Gasteiger partial charge in [-0.15, -0.1) is 0 Å². The second-order valence-corrected chi connectivity index (χ2v) is 10.2. The number of esters is 1. The zero-order valence-corrected chi connectivity index (χ0v) is 22.6. The van der Waals surface area contributed by atoms with E-state index in [0.717, 1.165) is 25.0 Å². The molecule has 11 heteroatoms. The van der Waals surface area contributed by atoms with E-state index in [1.165, 1.54) is 16.8 Å². The Morgan fingerprint density at radius 1 is 1.10 bits per heavy atom. The summed E-state index contributed by atoms with van der Waals surface area (Å²) in [5.41, 5.74) is 1.74. The number of amides is 2. The number of carbonyl (C=O) groups excluding carboxylic acids is 3. The average Bonchev–Trinajstić information content (AvgIpc) is 3.58. The number of benzene rings is 2. The summed E-state index contributed by atoms with van der Waals surface area (Å²) in [6.07, 6.45) is 5.74. The minimum absolute atomic E-state index is 0.0307. The van der Waals surface area contributed by atoms with Gasteiger partial charge in [0.2, 0.25) is 5.91 Å². The molecule has 2 aliphatic heterocycles. The van der Waals surface area contributed by atoms with Crippen LogP contribution in [0.1, 0.15) is 51.7 Å². The minimum atomic E-state index is -1.56. The van der Waals surface area contributed by atoms with E-state index in [1.54, 1.807) is 54.1 Å². The lowest BCUT2D eigenvalue weighted by atomic mass is 9.92. The SMILES string of the molecule is CCOC(=O)c1nn(-c2ccccc2C(=O)N2C[C@H]3CCCN(C(=O)/C=C/c4cc(F)c(F)c(F)c4)[C@H]3C2)cc1C. The molecule has 1 aromatic heterocycles. The van der Waals surface area contributed by atoms with Crippen LogP contribution in [0.15, 0.2) is 48.7 Å². The van der Waals surface area contributed by atoms with Crippen molar-refractivity contribution >= 4 is 23.9 Å². The number of likely N-dealkylation sites (tertiary alicyclic amines) is 2. The highest BCUT2D eigenvalue weighted by atomic mass is 19.2. The van der Waals surface area contributed by atoms with Crippen LogP contribution in [0.4, 0.5) is 13.2 Å². The van der Waals surface area contributed by atoms with Crippen molar-refractivity contribution in [2.45, 2.75) is 32.7 Å². The van der Waals surface area contributed by atoms with Gasteiger partial charge in [-0.3, -0.25) is 9.59 Å². The predicted molar refractivity (Wildman–Crippen MR) is 144 cm³/mol. The van der Waals surface area contributed by atoms with Crippen LogP contribution in [-0.2, 0) is 9.53 Å². The number of carbonyl (C=O) groups is 3. The summed E-state index contributed by atoms with van der Waals surface area (Å²) < 4.78 is 47.0. The topological polar surface area (TPSA) is 84.7 Å². The third-order valence-electron chi connectivity index (χ3n) is 7.52. The molecule has 0 aliphatic carbocycles. The molecule has 41 heavy (non-hydrogen) atoms. The molecule has 0 saturated carbocycles. The summed E-state index contributed by atoms with van der Waals surface area (Å²) in [6, 6.07) is 8.41. The number of nitrogens with zero attached hydrogens (tertiary/aromatic N) is 4. The van der Waals surface area contributed by atoms with Crippen molar-refractivity contribution < 1.29 is 32.3 Å². The van der Waals surface area contributed by atoms with E-state index >= 15 is 0 Å². The Morgan fingerprint density at radius 3 is 2.56 bits per heavy atom. The molecule has 8 nitrogen and oxygen atoms in total. The molecule has 3 aromatic rings. The van der Waals surface area contributed by atoms with E-state index < -0.39 is 23.4 Å². The average molecular weight is 567 g/mol. The lowest BCUT2D eigenvalue weighted by Crippen LogP contribution is -2.48. The number of rotatable bonds is 6. The van der Waals surface area contributed by atoms with E-state index in [4.69, 9.17) is 4.74 Å². The molecule has 0 radical (unpaired) electrons. The van der Waals surface area contributed by atoms with E-state index in [9.17, 15) is 27.6 Å². The van der Waals surface area contributed by atoms with Gasteiger partial charge in [-0.2, -0.15) is 5.10 Å². The molecule has 214 valence electrons. The van der Waals surface area contributed by atoms with Gasteiger partial charge >= 0.3 is 5.97 Å². The van der Waals surface area contributed by atoms with E-state index in [0.29, 0.717) is 36.4 Å². The molecular weight excluding hydrogens is 537 g/mol. The van der Waals surface area contributed by atoms with Crippen LogP contribution in [-0.4, -0.2) is 69.6 Å². The summed E-state index contributed by atoms with van der Waals surface area (Å²) in [5, 5.41) is 4.38. The molecular formula is C30H29F3N4O4. The lowest BCUT2D eigenvalue weighted by Gasteiger charge is -2.36. The van der Waals surface area contributed by atoms with Crippen molar-refractivity contribution in [3.63, 3.8) is 0 Å². The van der Waals surface area contributed by atoms with Gasteiger partial charge in [-0.25, -0.2) is 22.6 Å². The molecule has 5 rings (SSSR count). The standard InChI is InChI=1S/C30H29F3N4O4/c1-3-41-30(40)28-18(2)15-37(34-28)24-9-5-4-8-21(24)29(39)35-16-20-7-6-12-36(25(20)17-35)26(38)11-10-19-13-22(31)27(33)23(32)14-19/h4-5,8-11,13-15,20,25H,3,6-7,12,16-17H2,1-2H3/b11-10+/t20-,25+/m1/s1. The molecule has 2 atom stereocenters. The Labute approximate surface area is 235 Å². The second-order valence-electron chi connectivity index (χ2n) is 10.2. The van der Waals surface area contributed by atoms with Gasteiger partial charge in [0.05, 0.1) is 23.9 Å². The van der Waals surface area contributed by atoms with Crippen LogP contribution in [0.3, 0.4) is 0 Å². The number of aromatic nitrogens is 2. The fourth-order valence-corrected chi connectivity index (χ4v) is 5.56. The highest BCUT2D eigenvalue weighted by Crippen LogP contribution is 2.32. The van der Waals surface area contributed by atoms with Crippen molar-refractivity contribution in [2.24, 2.45) is 5.92 Å². The van der Waals surface area contributed by atoms with Crippen molar-refractivity contribution in [1.82, 2.24) is 19.6 Å². The number of fused-ring (bicyclic) bond motifs is 1. The van der Waals surface area contributed by atoms with Crippen molar-refractivity contribution in [3.05, 3.63) is 88.5 Å². The van der Waals surface area contributed by atoms with Crippen LogP contribution in [0.5, 0.6) is 0 Å². The zero-order valence-electron chi connectivity index (χ0n) is 22.6. The third kappa shape index (κ3) is 5.61. The van der Waals surface area contributed by atoms with Gasteiger partial charge in [0, 0.05) is 37.5 Å². The van der Waals surface area contributed by atoms with Gasteiger partial charge in [-0.1, -0.05) is 12.1 Å². The first kappa shape index (κ1) is 28.1. The van der Waals surface area contributed by atoms with Crippen molar-refractivity contribution in [2.75, 3.05) is 26.2 Å². The highest BCUT2D eigenvalue weighted by molar-refractivity contribution is 5.98. The van der Waals surface area contributed by atoms with Crippen LogP contribution in [0, 0.1) is 30.3 Å². The third-order valence-corrected chi connectivity index (χ3v) is 7.52. The molecule has 2 amide bonds. The number of ether oxygens (including phenoxy) is 1. The number of hydrogen-bond acceptors (Lipinski definition) is 5. The molecule has 0 unspecified atom stereocenters. The maximum atomic E-state index is 13.8. The first-order valence-corrected chi connectivity index (χ1v) is 13.4. The van der Waals surface area contributed by atoms with Crippen LogP contribution < -0.4 is 0 Å². The molecule has 2 saturated heterocycles. The smallest absolute Gasteiger partial charge is 0.359 e. The summed E-state index contributed by atoms with van der Waals surface area (Å²) in [6.45, 7) is 4.95. The van der Waals surface area contributed by atoms with Crippen LogP contribution in [0.2, 0.25) is 0 Å². The largest absolute Gasteiger partial charge is 0.461 e. The number of aryl methyl sites for hydroxylation is 1. The van der Waals surface area contributed by atoms with Gasteiger partial charge < -0.3 is 14.5 Å². The fourth-order valence-electron chi connectivity index (χ4n) is 5.56. The molecule has 0 bridgehead atoms. The van der Waals surface area contributed by atoms with Crippen LogP contribution in [0.25, 0.3) is 11.8 Å². The minimum Gasteiger partial charge on any atom is -0.461 e. The zero-order chi connectivity index (χ0) is 29.3. The molecule has 0 N–H and O–H groups in total. The second kappa shape index (κ2) is 11.6. The van der Waals surface area contributed by atoms with Crippen molar-refractivity contribution in [1.29, 1.82) is 0 Å². The number of piperidine rings is 1. The summed E-state index contributed by atoms with van der Waals surface area (Å²) in [7, 11) is 0. The Kier molecular flexibility index (Phi) is 7.96. The molecule has 0 spiro atoms. The number of hydrogen-bond donors (Lipinski definition) is 0. The number of halogens is 3. The maximum Gasteiger partial charge on any atom is 0.359 e. The highest BCUT2D eigenvalue weighted by Gasteiger charge is 2.42. The Bertz CT molecular complexity index is 1510. The molecule has 2 aromatic carbocycles. The Balaban J connectivity index is 1.34. The first-order valence-electron chi connectivity index (χ1n) is 13.4. The predicted octanol–water partition coefficient (Wildman–Crippen LogP) is 4.55. The molecule has 2 fully saturated rings. The monoisotopic (exact) mass is 566 g/mol. The quantitative estimate of drug-likeness (QED) is 0.248. The van der Waals surface area contributed by atoms with Gasteiger partial charge in [0.15, 0.2) is 23.1 Å². The van der Waals surface area contributed by atoms with E-state index in [2.05, 4.69) is 5.10 Å². The van der Waals surface area contributed by atoms with Gasteiger partial charge in [0.1, 0.15) is 0 Å². The van der Waals surface area contributed by atoms with Crippen LogP contribution >= 0.6 is 0 Å². The Hall–Kier alpha value is -4.41. The van der Waals surface area contributed by atoms with Gasteiger partial charge in [0.25, 0.3) is 5.91 Å². The lowest BCUT2D eigenvalue weighted by molar-refractivity contribution is -0.130. The van der Waals surface area contributed by atoms with E-state index in [-0.39, 0.29) is 41.6 Å². The van der Waals surface area contributed by atoms with E-state index in [1.807, 2.05) is 0 Å². The normalized spacial score (nSPS) is 18.6. The Morgan fingerprint density at radius 2 is 1.83 bits per heavy atom. The summed E-state index contributed by atoms with van der Waals surface area (Å²) in [5.74, 6) is -5.26. The van der Waals surface area contributed by atoms with Gasteiger partial charge in [-0.05, 0) is 68.5 Å². The first-order chi connectivity index (χ1) is 19.7. The maximum absolute atomic E-state index is 13.8. The van der Waals surface area contributed by atoms with Crippen molar-refractivity contribution in [3.8, 4) is 5.69 Å². The molecule has 3 heterocycles. The summed E-state index contributed by atoms with van der Waals surface area (Å²) >= 11 is 0. The number of para-hydroxylation sites is 1. The molecule has 2 aliphatic rings. The summed E-state index contributed by atoms with van der Waals surface area (Å²) in [4.78, 5) is 42.5.